The topological polar surface area (TPSA) is 104 Å². The number of hydrogen-bond donors (Lipinski definition) is 3. The van der Waals surface area contributed by atoms with E-state index >= 15 is 0 Å². The van der Waals surface area contributed by atoms with Gasteiger partial charge in [-0.05, 0) is 12.1 Å². The predicted octanol–water partition coefficient (Wildman–Crippen LogP) is 0.860. The summed E-state index contributed by atoms with van der Waals surface area (Å²) < 4.78 is 0. The van der Waals surface area contributed by atoms with E-state index in [0.29, 0.717) is 11.6 Å². The molecule has 0 unspecified atom stereocenters. The third-order valence-corrected chi connectivity index (χ3v) is 1.95. The molecule has 0 heterocycles. The van der Waals surface area contributed by atoms with E-state index in [1.807, 2.05) is 0 Å². The zero-order valence-corrected chi connectivity index (χ0v) is 9.29. The molecule has 0 aromatic heterocycles. The van der Waals surface area contributed by atoms with Gasteiger partial charge in [-0.2, -0.15) is 0 Å². The maximum atomic E-state index is 11.7. The number of carbonyl (C=O) groups is 3. The van der Waals surface area contributed by atoms with E-state index in [1.165, 1.54) is 12.1 Å². The molecule has 0 saturated carbocycles. The van der Waals surface area contributed by atoms with Gasteiger partial charge in [0.05, 0.1) is 6.42 Å². The van der Waals surface area contributed by atoms with Crippen molar-refractivity contribution in [1.29, 1.82) is 0 Å². The Labute approximate surface area is 103 Å². The lowest BCUT2D eigenvalue weighted by molar-refractivity contribution is -0.136. The van der Waals surface area contributed by atoms with Crippen molar-refractivity contribution in [3.63, 3.8) is 0 Å². The Morgan fingerprint density at radius 2 is 1.72 bits per heavy atom. The van der Waals surface area contributed by atoms with Crippen molar-refractivity contribution in [2.45, 2.75) is 6.42 Å². The number of nitrogens with one attached hydrogen (secondary N) is 1. The number of rotatable bonds is 5. The molecule has 0 saturated heterocycles. The van der Waals surface area contributed by atoms with Gasteiger partial charge in [-0.1, -0.05) is 18.2 Å². The van der Waals surface area contributed by atoms with Gasteiger partial charge < -0.3 is 15.5 Å². The average Bonchev–Trinajstić information content (AvgIpc) is 2.28. The lowest BCUT2D eigenvalue weighted by Crippen LogP contribution is -2.25. The van der Waals surface area contributed by atoms with Gasteiger partial charge in [0, 0.05) is 17.3 Å². The summed E-state index contributed by atoms with van der Waals surface area (Å²) >= 11 is 0. The zero-order valence-electron chi connectivity index (χ0n) is 9.29. The Morgan fingerprint density at radius 3 is 2.22 bits per heavy atom. The SMILES string of the molecule is O=C(O)/C=C(\CC(=O)O)NC(=O)c1ccccc1. The maximum Gasteiger partial charge on any atom is 0.330 e. The van der Waals surface area contributed by atoms with Crippen LogP contribution in [0.1, 0.15) is 16.8 Å². The lowest BCUT2D eigenvalue weighted by Gasteiger charge is -2.07. The molecule has 0 aliphatic rings. The molecule has 6 nitrogen and oxygen atoms in total. The molecule has 0 fully saturated rings. The van der Waals surface area contributed by atoms with Gasteiger partial charge in [-0.3, -0.25) is 9.59 Å². The summed E-state index contributed by atoms with van der Waals surface area (Å²) in [6.45, 7) is 0. The minimum Gasteiger partial charge on any atom is -0.481 e. The van der Waals surface area contributed by atoms with Crippen LogP contribution in [-0.4, -0.2) is 28.1 Å². The fraction of sp³-hybridized carbons (Fsp3) is 0.0833. The molecule has 0 bridgehead atoms. The van der Waals surface area contributed by atoms with Crippen molar-refractivity contribution in [2.24, 2.45) is 0 Å². The molecule has 18 heavy (non-hydrogen) atoms. The molecule has 0 radical (unpaired) electrons. The quantitative estimate of drug-likeness (QED) is 0.671. The summed E-state index contributed by atoms with van der Waals surface area (Å²) in [6, 6.07) is 8.09. The summed E-state index contributed by atoms with van der Waals surface area (Å²) in [5, 5.41) is 19.4. The Morgan fingerprint density at radius 1 is 1.11 bits per heavy atom. The van der Waals surface area contributed by atoms with Gasteiger partial charge in [0.15, 0.2) is 0 Å². The van der Waals surface area contributed by atoms with Crippen LogP contribution in [0.2, 0.25) is 0 Å². The molecule has 3 N–H and O–H groups in total. The number of carboxylic acids is 2. The predicted molar refractivity (Wildman–Crippen MR) is 61.9 cm³/mol. The van der Waals surface area contributed by atoms with Gasteiger partial charge in [0.2, 0.25) is 0 Å². The van der Waals surface area contributed by atoms with E-state index in [0.717, 1.165) is 0 Å². The van der Waals surface area contributed by atoms with E-state index in [1.54, 1.807) is 18.2 Å². The second-order valence-electron chi connectivity index (χ2n) is 3.40. The van der Waals surface area contributed by atoms with Gasteiger partial charge in [-0.15, -0.1) is 0 Å². The Balaban J connectivity index is 2.81. The van der Waals surface area contributed by atoms with Crippen LogP contribution in [0.5, 0.6) is 0 Å². The van der Waals surface area contributed by atoms with Crippen LogP contribution in [-0.2, 0) is 9.59 Å². The fourth-order valence-corrected chi connectivity index (χ4v) is 1.25. The summed E-state index contributed by atoms with van der Waals surface area (Å²) in [4.78, 5) is 32.7. The van der Waals surface area contributed by atoms with Crippen LogP contribution in [0, 0.1) is 0 Å². The van der Waals surface area contributed by atoms with Crippen molar-refractivity contribution in [3.8, 4) is 0 Å². The monoisotopic (exact) mass is 249 g/mol. The highest BCUT2D eigenvalue weighted by molar-refractivity contribution is 5.96. The number of benzene rings is 1. The first kappa shape index (κ1) is 13.4. The van der Waals surface area contributed by atoms with E-state index < -0.39 is 24.3 Å². The molecule has 1 amide bonds. The van der Waals surface area contributed by atoms with Crippen molar-refractivity contribution in [1.82, 2.24) is 5.32 Å². The minimum absolute atomic E-state index is 0.177. The highest BCUT2D eigenvalue weighted by Gasteiger charge is 2.11. The molecular formula is C12H11NO5. The minimum atomic E-state index is -1.32. The molecular weight excluding hydrogens is 238 g/mol. The van der Waals surface area contributed by atoms with Crippen LogP contribution in [0.4, 0.5) is 0 Å². The lowest BCUT2D eigenvalue weighted by atomic mass is 10.2. The van der Waals surface area contributed by atoms with E-state index in [4.69, 9.17) is 10.2 Å². The van der Waals surface area contributed by atoms with Gasteiger partial charge in [-0.25, -0.2) is 4.79 Å². The largest absolute Gasteiger partial charge is 0.481 e. The molecule has 0 aliphatic carbocycles. The smallest absolute Gasteiger partial charge is 0.330 e. The molecule has 6 heteroatoms. The maximum absolute atomic E-state index is 11.7. The third-order valence-electron chi connectivity index (χ3n) is 1.95. The van der Waals surface area contributed by atoms with Crippen LogP contribution >= 0.6 is 0 Å². The van der Waals surface area contributed by atoms with Crippen LogP contribution in [0.25, 0.3) is 0 Å². The Bertz CT molecular complexity index is 492. The number of hydrogen-bond acceptors (Lipinski definition) is 3. The fourth-order valence-electron chi connectivity index (χ4n) is 1.25. The number of aliphatic carboxylic acids is 2. The van der Waals surface area contributed by atoms with Crippen molar-refractivity contribution < 1.29 is 24.6 Å². The molecule has 0 spiro atoms. The zero-order chi connectivity index (χ0) is 13.5. The number of amides is 1. The summed E-state index contributed by atoms with van der Waals surface area (Å²) in [7, 11) is 0. The van der Waals surface area contributed by atoms with Crippen molar-refractivity contribution in [2.75, 3.05) is 0 Å². The normalized spacial score (nSPS) is 10.8. The van der Waals surface area contributed by atoms with E-state index in [9.17, 15) is 14.4 Å². The van der Waals surface area contributed by atoms with Gasteiger partial charge in [0.25, 0.3) is 5.91 Å². The first-order valence-corrected chi connectivity index (χ1v) is 5.00. The molecule has 0 aliphatic heterocycles. The van der Waals surface area contributed by atoms with E-state index in [2.05, 4.69) is 5.32 Å². The first-order chi connectivity index (χ1) is 8.49. The number of carboxylic acid groups (broad SMARTS) is 2. The van der Waals surface area contributed by atoms with Gasteiger partial charge >= 0.3 is 11.9 Å². The Kier molecular flexibility index (Phi) is 4.62. The van der Waals surface area contributed by atoms with Crippen molar-refractivity contribution >= 4 is 17.8 Å². The highest BCUT2D eigenvalue weighted by Crippen LogP contribution is 2.03. The molecule has 1 aromatic rings. The van der Waals surface area contributed by atoms with Crippen LogP contribution in [0.3, 0.4) is 0 Å². The van der Waals surface area contributed by atoms with Crippen molar-refractivity contribution in [3.05, 3.63) is 47.7 Å². The Hall–Kier alpha value is -2.63. The second-order valence-corrected chi connectivity index (χ2v) is 3.40. The molecule has 1 aromatic carbocycles. The first-order valence-electron chi connectivity index (χ1n) is 5.00. The molecule has 94 valence electrons. The highest BCUT2D eigenvalue weighted by atomic mass is 16.4. The van der Waals surface area contributed by atoms with Gasteiger partial charge in [0.1, 0.15) is 0 Å². The average molecular weight is 249 g/mol. The number of carbonyl (C=O) groups excluding carboxylic acids is 1. The summed E-state index contributed by atoms with van der Waals surface area (Å²) in [6.07, 6.45) is 0.0971. The summed E-state index contributed by atoms with van der Waals surface area (Å²) in [5.41, 5.74) is 0.142. The van der Waals surface area contributed by atoms with E-state index in [-0.39, 0.29) is 5.70 Å². The second kappa shape index (κ2) is 6.19. The third kappa shape index (κ3) is 4.48. The summed E-state index contributed by atoms with van der Waals surface area (Å²) in [5.74, 6) is -3.10. The molecule has 1 rings (SSSR count). The van der Waals surface area contributed by atoms with Crippen LogP contribution < -0.4 is 5.32 Å². The standard InChI is InChI=1S/C12H11NO5/c14-10(15)6-9(7-11(16)17)13-12(18)8-4-2-1-3-5-8/h1-6H,7H2,(H,13,18)(H,14,15)(H,16,17)/b9-6+. The van der Waals surface area contributed by atoms with Crippen LogP contribution in [0.15, 0.2) is 42.1 Å². The molecule has 0 atom stereocenters.